The second kappa shape index (κ2) is 7.06. The van der Waals surface area contributed by atoms with Crippen molar-refractivity contribution in [1.82, 2.24) is 24.6 Å². The average Bonchev–Trinajstić information content (AvgIpc) is 3.62. The van der Waals surface area contributed by atoms with Crippen LogP contribution >= 0.6 is 0 Å². The molecule has 33 heavy (non-hydrogen) atoms. The van der Waals surface area contributed by atoms with Crippen LogP contribution in [0, 0.1) is 11.3 Å². The van der Waals surface area contributed by atoms with Gasteiger partial charge in [0.15, 0.2) is 5.82 Å². The largest absolute Gasteiger partial charge is 0.367 e. The first-order valence-electron chi connectivity index (χ1n) is 11.5. The lowest BCUT2D eigenvalue weighted by Gasteiger charge is -2.26. The number of fused-ring (bicyclic) bond motifs is 6. The first-order valence-corrected chi connectivity index (χ1v) is 11.5. The number of nitrogens with one attached hydrogen (secondary N) is 1. The minimum atomic E-state index is 0.598. The Kier molecular flexibility index (Phi) is 3.99. The third kappa shape index (κ3) is 2.84. The van der Waals surface area contributed by atoms with Crippen LogP contribution in [0.2, 0.25) is 0 Å². The van der Waals surface area contributed by atoms with Crippen molar-refractivity contribution in [2.75, 3.05) is 18.0 Å². The number of rotatable bonds is 2. The van der Waals surface area contributed by atoms with Gasteiger partial charge in [-0.15, -0.1) is 0 Å². The van der Waals surface area contributed by atoms with Crippen molar-refractivity contribution in [2.45, 2.75) is 31.5 Å². The molecule has 3 aliphatic heterocycles. The Balaban J connectivity index is 1.31. The molecule has 2 fully saturated rings. The van der Waals surface area contributed by atoms with E-state index in [0.29, 0.717) is 17.6 Å². The predicted octanol–water partition coefficient (Wildman–Crippen LogP) is 3.58. The normalized spacial score (nSPS) is 20.5. The van der Waals surface area contributed by atoms with E-state index in [4.69, 9.17) is 5.26 Å². The van der Waals surface area contributed by atoms with E-state index < -0.39 is 0 Å². The van der Waals surface area contributed by atoms with Crippen LogP contribution in [0.3, 0.4) is 0 Å². The van der Waals surface area contributed by atoms with Gasteiger partial charge in [0.1, 0.15) is 6.33 Å². The molecule has 0 amide bonds. The van der Waals surface area contributed by atoms with Crippen molar-refractivity contribution >= 4 is 5.69 Å². The summed E-state index contributed by atoms with van der Waals surface area (Å²) in [5, 5.41) is 17.3. The summed E-state index contributed by atoms with van der Waals surface area (Å²) in [6, 6.07) is 20.1. The van der Waals surface area contributed by atoms with E-state index in [9.17, 15) is 0 Å². The Morgan fingerprint density at radius 3 is 2.82 bits per heavy atom. The van der Waals surface area contributed by atoms with Gasteiger partial charge >= 0.3 is 0 Å². The number of anilines is 1. The summed E-state index contributed by atoms with van der Waals surface area (Å²) in [7, 11) is 0. The Bertz CT molecular complexity index is 1410. The fourth-order valence-corrected chi connectivity index (χ4v) is 5.77. The van der Waals surface area contributed by atoms with Crippen LogP contribution in [-0.2, 0) is 6.54 Å². The Morgan fingerprint density at radius 1 is 1.03 bits per heavy atom. The number of nitriles is 1. The third-order valence-electron chi connectivity index (χ3n) is 7.38. The van der Waals surface area contributed by atoms with Crippen molar-refractivity contribution in [3.05, 3.63) is 72.2 Å². The van der Waals surface area contributed by atoms with Crippen LogP contribution < -0.4 is 10.2 Å². The van der Waals surface area contributed by atoms with Crippen molar-refractivity contribution in [2.24, 2.45) is 0 Å². The maximum atomic E-state index is 9.11. The molecule has 2 saturated heterocycles. The molecule has 3 aliphatic rings. The van der Waals surface area contributed by atoms with Gasteiger partial charge in [-0.25, -0.2) is 9.67 Å². The monoisotopic (exact) mass is 433 g/mol. The molecule has 7 nitrogen and oxygen atoms in total. The highest BCUT2D eigenvalue weighted by Gasteiger charge is 2.37. The molecule has 2 aromatic carbocycles. The lowest BCUT2D eigenvalue weighted by atomic mass is 10.1. The maximum absolute atomic E-state index is 9.11. The van der Waals surface area contributed by atoms with Gasteiger partial charge in [-0.1, -0.05) is 12.1 Å². The molecule has 0 bridgehead atoms. The second-order valence-corrected chi connectivity index (χ2v) is 9.14. The highest BCUT2D eigenvalue weighted by molar-refractivity contribution is 5.72. The van der Waals surface area contributed by atoms with E-state index in [2.05, 4.69) is 61.4 Å². The standard InChI is InChI=1S/C26H23N7/c27-13-17-1-3-18(4-2-17)19-12-25-26-29-16-30-33(26)23-6-5-21(11-20(23)15-31(25)14-19)32-10-8-22-24(32)7-9-28-22/h1-6,11-12,14,16,22,24,28H,7-10,15H2/t22-,24+/m0/s1. The van der Waals surface area contributed by atoms with E-state index >= 15 is 0 Å². The Hall–Kier alpha value is -3.89. The van der Waals surface area contributed by atoms with Crippen molar-refractivity contribution in [3.8, 4) is 34.4 Å². The van der Waals surface area contributed by atoms with E-state index in [0.717, 1.165) is 48.0 Å². The molecule has 7 heteroatoms. The molecule has 0 spiro atoms. The van der Waals surface area contributed by atoms with Gasteiger partial charge in [0.2, 0.25) is 0 Å². The number of aromatic nitrogens is 4. The highest BCUT2D eigenvalue weighted by Crippen LogP contribution is 2.36. The number of hydrogen-bond donors (Lipinski definition) is 1. The molecule has 5 heterocycles. The summed E-state index contributed by atoms with van der Waals surface area (Å²) < 4.78 is 4.23. The van der Waals surface area contributed by atoms with Gasteiger partial charge in [-0.05, 0) is 66.9 Å². The lowest BCUT2D eigenvalue weighted by molar-refractivity contribution is 0.601. The van der Waals surface area contributed by atoms with Gasteiger partial charge in [0, 0.05) is 42.6 Å². The zero-order valence-electron chi connectivity index (χ0n) is 18.1. The summed E-state index contributed by atoms with van der Waals surface area (Å²) in [5.41, 5.74) is 7.56. The number of hydrogen-bond acceptors (Lipinski definition) is 5. The highest BCUT2D eigenvalue weighted by atomic mass is 15.4. The number of nitrogens with zero attached hydrogens (tertiary/aromatic N) is 6. The molecule has 0 saturated carbocycles. The third-order valence-corrected chi connectivity index (χ3v) is 7.38. The zero-order chi connectivity index (χ0) is 21.9. The first kappa shape index (κ1) is 18.7. The SMILES string of the molecule is N#Cc1ccc(-c2cc3n(c2)Cc2cc(N4CC[C@@H]5NCC[C@H]54)ccc2-n2ncnc2-3)cc1. The Labute approximate surface area is 191 Å². The second-order valence-electron chi connectivity index (χ2n) is 9.14. The van der Waals surface area contributed by atoms with Crippen LogP contribution in [-0.4, -0.2) is 44.5 Å². The quantitative estimate of drug-likeness (QED) is 0.461. The van der Waals surface area contributed by atoms with Crippen LogP contribution in [0.5, 0.6) is 0 Å². The summed E-state index contributed by atoms with van der Waals surface area (Å²) in [6.45, 7) is 2.98. The Morgan fingerprint density at radius 2 is 1.94 bits per heavy atom. The minimum Gasteiger partial charge on any atom is -0.367 e. The molecule has 0 unspecified atom stereocenters. The van der Waals surface area contributed by atoms with Crippen LogP contribution in [0.1, 0.15) is 24.0 Å². The van der Waals surface area contributed by atoms with Crippen molar-refractivity contribution < 1.29 is 0 Å². The average molecular weight is 434 g/mol. The maximum Gasteiger partial charge on any atom is 0.179 e. The molecule has 162 valence electrons. The van der Waals surface area contributed by atoms with E-state index in [1.165, 1.54) is 24.1 Å². The molecule has 4 aromatic rings. The van der Waals surface area contributed by atoms with E-state index in [1.54, 1.807) is 6.33 Å². The lowest BCUT2D eigenvalue weighted by Crippen LogP contribution is -2.34. The molecule has 7 rings (SSSR count). The predicted molar refractivity (Wildman–Crippen MR) is 126 cm³/mol. The first-order chi connectivity index (χ1) is 16.3. The van der Waals surface area contributed by atoms with Crippen LogP contribution in [0.15, 0.2) is 61.1 Å². The number of benzene rings is 2. The van der Waals surface area contributed by atoms with Crippen molar-refractivity contribution in [1.29, 1.82) is 5.26 Å². The topological polar surface area (TPSA) is 74.7 Å². The van der Waals surface area contributed by atoms with Gasteiger partial charge < -0.3 is 14.8 Å². The van der Waals surface area contributed by atoms with Crippen molar-refractivity contribution in [3.63, 3.8) is 0 Å². The van der Waals surface area contributed by atoms with Gasteiger partial charge in [-0.2, -0.15) is 10.4 Å². The van der Waals surface area contributed by atoms with E-state index in [-0.39, 0.29) is 0 Å². The fourth-order valence-electron chi connectivity index (χ4n) is 5.77. The summed E-state index contributed by atoms with van der Waals surface area (Å²) in [5.74, 6) is 0.850. The smallest absolute Gasteiger partial charge is 0.179 e. The molecular weight excluding hydrogens is 410 g/mol. The summed E-state index contributed by atoms with van der Waals surface area (Å²) in [4.78, 5) is 7.18. The molecule has 1 N–H and O–H groups in total. The van der Waals surface area contributed by atoms with Gasteiger partial charge in [0.05, 0.1) is 23.0 Å². The molecule has 2 aromatic heterocycles. The molecular formula is C26H23N7. The molecule has 2 atom stereocenters. The summed E-state index contributed by atoms with van der Waals surface area (Å²) in [6.07, 6.45) is 6.24. The summed E-state index contributed by atoms with van der Waals surface area (Å²) >= 11 is 0. The minimum absolute atomic E-state index is 0.598. The zero-order valence-corrected chi connectivity index (χ0v) is 18.1. The van der Waals surface area contributed by atoms with Crippen LogP contribution in [0.25, 0.3) is 28.3 Å². The van der Waals surface area contributed by atoms with Gasteiger partial charge in [0.25, 0.3) is 0 Å². The molecule has 0 aliphatic carbocycles. The van der Waals surface area contributed by atoms with Crippen LogP contribution in [0.4, 0.5) is 5.69 Å². The fraction of sp³-hybridized carbons (Fsp3) is 0.269. The van der Waals surface area contributed by atoms with Gasteiger partial charge in [-0.3, -0.25) is 0 Å². The van der Waals surface area contributed by atoms with E-state index in [1.807, 2.05) is 28.9 Å². The molecule has 0 radical (unpaired) electrons.